The van der Waals surface area contributed by atoms with Crippen molar-refractivity contribution in [3.8, 4) is 5.75 Å². The van der Waals surface area contributed by atoms with Crippen molar-refractivity contribution in [2.75, 3.05) is 16.4 Å². The van der Waals surface area contributed by atoms with Gasteiger partial charge in [0, 0.05) is 35.4 Å². The number of aromatic nitrogens is 2. The third-order valence-corrected chi connectivity index (χ3v) is 5.61. The lowest BCUT2D eigenvalue weighted by Gasteiger charge is -2.37. The van der Waals surface area contributed by atoms with Gasteiger partial charge in [-0.1, -0.05) is 17.7 Å². The van der Waals surface area contributed by atoms with Gasteiger partial charge in [-0.15, -0.1) is 0 Å². The largest absolute Gasteiger partial charge is 0.494 e. The van der Waals surface area contributed by atoms with Crippen LogP contribution in [0.25, 0.3) is 10.9 Å². The Morgan fingerprint density at radius 3 is 2.58 bits per heavy atom. The van der Waals surface area contributed by atoms with E-state index in [0.717, 1.165) is 39.3 Å². The smallest absolute Gasteiger partial charge is 0.333 e. The zero-order chi connectivity index (χ0) is 21.5. The molecular formula is C24H21ClN4O2. The number of anilines is 3. The molecule has 0 aliphatic carbocycles. The summed E-state index contributed by atoms with van der Waals surface area (Å²) in [7, 11) is 1.89. The van der Waals surface area contributed by atoms with E-state index in [9.17, 15) is 4.79 Å². The second-order valence-electron chi connectivity index (χ2n) is 7.45. The topological polar surface area (TPSA) is 50.6 Å². The zero-order valence-corrected chi connectivity index (χ0v) is 18.0. The van der Waals surface area contributed by atoms with E-state index in [0.29, 0.717) is 18.2 Å². The van der Waals surface area contributed by atoms with E-state index < -0.39 is 0 Å². The number of hydrogen-bond acceptors (Lipinski definition) is 3. The van der Waals surface area contributed by atoms with Crippen molar-refractivity contribution < 1.29 is 9.53 Å². The number of aryl methyl sites for hydroxylation is 1. The molecule has 1 aromatic heterocycles. The lowest BCUT2D eigenvalue weighted by molar-refractivity contribution is 0.252. The molecule has 0 unspecified atom stereocenters. The molecule has 1 aliphatic heterocycles. The summed E-state index contributed by atoms with van der Waals surface area (Å²) < 4.78 is 7.47. The SMILES string of the molecule is CCOc1ccc2c(c1)N(c1ccc(Cl)cc1)C(=O)N(c1ccc3nn(C)cc3c1)C2. The minimum Gasteiger partial charge on any atom is -0.494 e. The van der Waals surface area contributed by atoms with Crippen LogP contribution in [-0.4, -0.2) is 22.4 Å². The summed E-state index contributed by atoms with van der Waals surface area (Å²) in [6, 6.07) is 18.9. The first-order valence-electron chi connectivity index (χ1n) is 10.1. The molecular weight excluding hydrogens is 412 g/mol. The average molecular weight is 433 g/mol. The van der Waals surface area contributed by atoms with Crippen LogP contribution in [0.2, 0.25) is 5.02 Å². The summed E-state index contributed by atoms with van der Waals surface area (Å²) in [5, 5.41) is 6.04. The number of halogens is 1. The Bertz CT molecular complexity index is 1280. The van der Waals surface area contributed by atoms with Gasteiger partial charge in [0.25, 0.3) is 0 Å². The van der Waals surface area contributed by atoms with Crippen LogP contribution < -0.4 is 14.5 Å². The number of urea groups is 1. The van der Waals surface area contributed by atoms with E-state index >= 15 is 0 Å². The number of amides is 2. The third-order valence-electron chi connectivity index (χ3n) is 5.36. The van der Waals surface area contributed by atoms with Gasteiger partial charge in [-0.25, -0.2) is 4.79 Å². The van der Waals surface area contributed by atoms with Crippen LogP contribution in [0.5, 0.6) is 5.75 Å². The highest BCUT2D eigenvalue weighted by molar-refractivity contribution is 6.30. The summed E-state index contributed by atoms with van der Waals surface area (Å²) in [6.07, 6.45) is 1.95. The van der Waals surface area contributed by atoms with E-state index in [1.807, 2.05) is 68.7 Å². The number of hydrogen-bond donors (Lipinski definition) is 0. The van der Waals surface area contributed by atoms with Crippen molar-refractivity contribution in [3.05, 3.63) is 77.4 Å². The van der Waals surface area contributed by atoms with E-state index in [2.05, 4.69) is 5.10 Å². The van der Waals surface area contributed by atoms with Gasteiger partial charge in [0.15, 0.2) is 0 Å². The molecule has 0 saturated carbocycles. The van der Waals surface area contributed by atoms with E-state index in [1.165, 1.54) is 0 Å². The third kappa shape index (κ3) is 3.49. The maximum atomic E-state index is 13.7. The molecule has 3 aromatic carbocycles. The predicted octanol–water partition coefficient (Wildman–Crippen LogP) is 5.90. The van der Waals surface area contributed by atoms with Crippen LogP contribution in [0.15, 0.2) is 66.9 Å². The summed E-state index contributed by atoms with van der Waals surface area (Å²) in [4.78, 5) is 17.2. The van der Waals surface area contributed by atoms with Crippen LogP contribution >= 0.6 is 11.6 Å². The highest BCUT2D eigenvalue weighted by Crippen LogP contribution is 2.39. The van der Waals surface area contributed by atoms with Gasteiger partial charge in [0.1, 0.15) is 5.75 Å². The summed E-state index contributed by atoms with van der Waals surface area (Å²) in [5.74, 6) is 0.734. The first-order chi connectivity index (χ1) is 15.0. The molecule has 1 aliphatic rings. The van der Waals surface area contributed by atoms with Crippen molar-refractivity contribution in [2.45, 2.75) is 13.5 Å². The molecule has 0 spiro atoms. The Hall–Kier alpha value is -3.51. The van der Waals surface area contributed by atoms with Gasteiger partial charge in [0.05, 0.1) is 30.0 Å². The van der Waals surface area contributed by atoms with Gasteiger partial charge in [-0.2, -0.15) is 5.10 Å². The summed E-state index contributed by atoms with van der Waals surface area (Å²) in [5.41, 5.74) is 4.31. The number of rotatable bonds is 4. The van der Waals surface area contributed by atoms with Gasteiger partial charge >= 0.3 is 6.03 Å². The minimum atomic E-state index is -0.133. The van der Waals surface area contributed by atoms with Crippen molar-refractivity contribution in [3.63, 3.8) is 0 Å². The van der Waals surface area contributed by atoms with Crippen molar-refractivity contribution in [1.29, 1.82) is 0 Å². The standard InChI is InChI=1S/C24H21ClN4O2/c1-3-31-21-10-4-16-15-28(20-9-11-22-17(12-20)14-27(2)26-22)24(30)29(23(16)13-21)19-7-5-18(25)6-8-19/h4-14H,3,15H2,1-2H3. The fourth-order valence-electron chi connectivity index (χ4n) is 3.95. The number of ether oxygens (including phenoxy) is 1. The van der Waals surface area contributed by atoms with E-state index in [1.54, 1.807) is 26.6 Å². The van der Waals surface area contributed by atoms with Crippen LogP contribution in [0.4, 0.5) is 21.9 Å². The maximum Gasteiger partial charge on any atom is 0.333 e. The molecule has 0 N–H and O–H groups in total. The Morgan fingerprint density at radius 2 is 1.81 bits per heavy atom. The molecule has 31 heavy (non-hydrogen) atoms. The first-order valence-corrected chi connectivity index (χ1v) is 10.5. The van der Waals surface area contributed by atoms with Crippen molar-refractivity contribution in [2.24, 2.45) is 7.05 Å². The highest BCUT2D eigenvalue weighted by atomic mass is 35.5. The van der Waals surface area contributed by atoms with Gasteiger partial charge in [-0.05, 0) is 61.0 Å². The maximum absolute atomic E-state index is 13.7. The number of benzene rings is 3. The fourth-order valence-corrected chi connectivity index (χ4v) is 4.08. The summed E-state index contributed by atoms with van der Waals surface area (Å²) >= 11 is 6.09. The minimum absolute atomic E-state index is 0.133. The van der Waals surface area contributed by atoms with Crippen molar-refractivity contribution in [1.82, 2.24) is 9.78 Å². The number of nitrogens with zero attached hydrogens (tertiary/aromatic N) is 4. The van der Waals surface area contributed by atoms with Gasteiger partial charge in [-0.3, -0.25) is 14.5 Å². The first kappa shape index (κ1) is 19.5. The van der Waals surface area contributed by atoms with Gasteiger partial charge < -0.3 is 4.74 Å². The normalized spacial score (nSPS) is 13.6. The second kappa shape index (κ2) is 7.63. The monoisotopic (exact) mass is 432 g/mol. The van der Waals surface area contributed by atoms with Crippen LogP contribution in [0.3, 0.4) is 0 Å². The van der Waals surface area contributed by atoms with Crippen LogP contribution in [-0.2, 0) is 13.6 Å². The molecule has 0 bridgehead atoms. The second-order valence-corrected chi connectivity index (χ2v) is 7.89. The molecule has 5 rings (SSSR count). The Kier molecular flexibility index (Phi) is 4.79. The molecule has 0 fully saturated rings. The number of carbonyl (C=O) groups excluding carboxylic acids is 1. The van der Waals surface area contributed by atoms with Crippen molar-refractivity contribution >= 4 is 45.6 Å². The molecule has 2 amide bonds. The molecule has 0 saturated heterocycles. The fraction of sp³-hybridized carbons (Fsp3) is 0.167. The van der Waals surface area contributed by atoms with E-state index in [-0.39, 0.29) is 6.03 Å². The average Bonchev–Trinajstić information content (AvgIpc) is 3.14. The number of fused-ring (bicyclic) bond motifs is 2. The molecule has 7 heteroatoms. The van der Waals surface area contributed by atoms with E-state index in [4.69, 9.17) is 16.3 Å². The van der Waals surface area contributed by atoms with Gasteiger partial charge in [0.2, 0.25) is 0 Å². The predicted molar refractivity (Wildman–Crippen MR) is 123 cm³/mol. The molecule has 0 atom stereocenters. The molecule has 156 valence electrons. The molecule has 2 heterocycles. The molecule has 4 aromatic rings. The lowest BCUT2D eigenvalue weighted by atomic mass is 10.1. The van der Waals surface area contributed by atoms with Crippen LogP contribution in [0, 0.1) is 0 Å². The quantitative estimate of drug-likeness (QED) is 0.403. The molecule has 6 nitrogen and oxygen atoms in total. The Labute approximate surface area is 185 Å². The highest BCUT2D eigenvalue weighted by Gasteiger charge is 2.33. The Balaban J connectivity index is 1.63. The summed E-state index contributed by atoms with van der Waals surface area (Å²) in [6.45, 7) is 2.97. The molecule has 0 radical (unpaired) electrons. The van der Waals surface area contributed by atoms with Crippen LogP contribution in [0.1, 0.15) is 12.5 Å². The number of carbonyl (C=O) groups is 1. The Morgan fingerprint density at radius 1 is 1.03 bits per heavy atom. The lowest BCUT2D eigenvalue weighted by Crippen LogP contribution is -2.45. The zero-order valence-electron chi connectivity index (χ0n) is 17.2.